The van der Waals surface area contributed by atoms with Gasteiger partial charge in [-0.25, -0.2) is 0 Å². The number of aliphatic hydroxyl groups is 1. The Morgan fingerprint density at radius 3 is 3.23 bits per heavy atom. The molecule has 1 atom stereocenters. The first kappa shape index (κ1) is 8.34. The van der Waals surface area contributed by atoms with Crippen molar-refractivity contribution in [1.29, 1.82) is 0 Å². The first-order valence-electron chi connectivity index (χ1n) is 4.20. The van der Waals surface area contributed by atoms with Crippen molar-refractivity contribution >= 4 is 5.69 Å². The maximum Gasteiger partial charge on any atom is 0.159 e. The van der Waals surface area contributed by atoms with Crippen LogP contribution in [-0.4, -0.2) is 17.9 Å². The molecule has 1 aromatic rings. The average molecular weight is 180 g/mol. The Bertz CT molecular complexity index is 314. The third-order valence-electron chi connectivity index (χ3n) is 2.00. The van der Waals surface area contributed by atoms with E-state index in [-0.39, 0.29) is 6.61 Å². The highest BCUT2D eigenvalue weighted by Crippen LogP contribution is 2.29. The summed E-state index contributed by atoms with van der Waals surface area (Å²) >= 11 is 0. The van der Waals surface area contributed by atoms with Crippen molar-refractivity contribution < 1.29 is 9.84 Å². The van der Waals surface area contributed by atoms with Gasteiger partial charge in [-0.1, -0.05) is 6.07 Å². The van der Waals surface area contributed by atoms with Gasteiger partial charge >= 0.3 is 0 Å². The molecule has 4 nitrogen and oxygen atoms in total. The van der Waals surface area contributed by atoms with E-state index in [0.717, 1.165) is 17.0 Å². The number of hydrogen-bond donors (Lipinski definition) is 3. The van der Waals surface area contributed by atoms with Crippen molar-refractivity contribution in [2.24, 2.45) is 5.73 Å². The third-order valence-corrected chi connectivity index (χ3v) is 2.00. The maximum atomic E-state index is 9.22. The molecule has 4 heteroatoms. The lowest BCUT2D eigenvalue weighted by molar-refractivity contribution is 0.119. The molecule has 0 fully saturated rings. The lowest BCUT2D eigenvalue weighted by Gasteiger charge is -2.24. The fraction of sp³-hybridized carbons (Fsp3) is 0.333. The highest BCUT2D eigenvalue weighted by molar-refractivity contribution is 5.59. The van der Waals surface area contributed by atoms with Gasteiger partial charge in [0.25, 0.3) is 0 Å². The van der Waals surface area contributed by atoms with Crippen LogP contribution in [0.25, 0.3) is 0 Å². The molecule has 0 saturated carbocycles. The third kappa shape index (κ3) is 1.59. The summed E-state index contributed by atoms with van der Waals surface area (Å²) in [6.07, 6.45) is -0.615. The van der Waals surface area contributed by atoms with Crippen molar-refractivity contribution in [3.05, 3.63) is 23.8 Å². The van der Waals surface area contributed by atoms with Crippen LogP contribution < -0.4 is 15.8 Å². The predicted molar refractivity (Wildman–Crippen MR) is 49.5 cm³/mol. The fourth-order valence-electron chi connectivity index (χ4n) is 1.32. The summed E-state index contributed by atoms with van der Waals surface area (Å²) in [5.74, 6) is 0.758. The van der Waals surface area contributed by atoms with Crippen LogP contribution in [0.1, 0.15) is 5.56 Å². The van der Waals surface area contributed by atoms with Crippen LogP contribution in [0.2, 0.25) is 0 Å². The van der Waals surface area contributed by atoms with Crippen molar-refractivity contribution in [3.8, 4) is 5.75 Å². The van der Waals surface area contributed by atoms with Gasteiger partial charge in [-0.15, -0.1) is 0 Å². The van der Waals surface area contributed by atoms with E-state index in [1.54, 1.807) is 0 Å². The molecule has 1 aliphatic heterocycles. The first-order chi connectivity index (χ1) is 6.29. The Balaban J connectivity index is 2.31. The number of nitrogens with two attached hydrogens (primary N) is 1. The number of hydrogen-bond acceptors (Lipinski definition) is 4. The summed E-state index contributed by atoms with van der Waals surface area (Å²) in [7, 11) is 0. The minimum Gasteiger partial charge on any atom is -0.487 e. The predicted octanol–water partition coefficient (Wildman–Crippen LogP) is 0.268. The molecule has 0 unspecified atom stereocenters. The van der Waals surface area contributed by atoms with Gasteiger partial charge in [0.1, 0.15) is 12.4 Å². The quantitative estimate of drug-likeness (QED) is 0.580. The molecule has 0 saturated heterocycles. The molecule has 0 aromatic heterocycles. The number of anilines is 1. The number of rotatable bonds is 1. The van der Waals surface area contributed by atoms with E-state index in [1.807, 2.05) is 18.2 Å². The van der Waals surface area contributed by atoms with Gasteiger partial charge in [0.05, 0.1) is 5.69 Å². The van der Waals surface area contributed by atoms with E-state index in [2.05, 4.69) is 5.32 Å². The van der Waals surface area contributed by atoms with Crippen LogP contribution in [0.4, 0.5) is 5.69 Å². The smallest absolute Gasteiger partial charge is 0.159 e. The van der Waals surface area contributed by atoms with Gasteiger partial charge in [0, 0.05) is 6.54 Å². The minimum absolute atomic E-state index is 0.279. The number of ether oxygens (including phenoxy) is 1. The Morgan fingerprint density at radius 1 is 1.62 bits per heavy atom. The zero-order chi connectivity index (χ0) is 9.26. The number of aliphatic hydroxyl groups excluding tert-OH is 1. The summed E-state index contributed by atoms with van der Waals surface area (Å²) in [6.45, 7) is 0.778. The van der Waals surface area contributed by atoms with Gasteiger partial charge in [-0.2, -0.15) is 0 Å². The topological polar surface area (TPSA) is 67.5 Å². The maximum absolute atomic E-state index is 9.22. The van der Waals surface area contributed by atoms with Crippen LogP contribution in [0.3, 0.4) is 0 Å². The molecule has 70 valence electrons. The number of fused-ring (bicyclic) bond motifs is 1. The highest BCUT2D eigenvalue weighted by atomic mass is 16.5. The van der Waals surface area contributed by atoms with E-state index in [4.69, 9.17) is 10.5 Å². The van der Waals surface area contributed by atoms with Crippen LogP contribution in [0, 0.1) is 0 Å². The minimum atomic E-state index is -0.615. The monoisotopic (exact) mass is 180 g/mol. The molecule has 0 aliphatic carbocycles. The largest absolute Gasteiger partial charge is 0.487 e. The lowest BCUT2D eigenvalue weighted by atomic mass is 10.1. The summed E-state index contributed by atoms with van der Waals surface area (Å²) in [6, 6.07) is 5.65. The van der Waals surface area contributed by atoms with Gasteiger partial charge < -0.3 is 20.9 Å². The van der Waals surface area contributed by atoms with Gasteiger partial charge in [0.15, 0.2) is 6.23 Å². The molecular weight excluding hydrogens is 168 g/mol. The second-order valence-electron chi connectivity index (χ2n) is 3.01. The standard InChI is InChI=1S/C9H12N2O2/c10-4-6-1-2-7-8(3-6)13-5-9(12)11-7/h1-3,9,11-12H,4-5,10H2/t9-/m1/s1. The Kier molecular flexibility index (Phi) is 2.08. The zero-order valence-electron chi connectivity index (χ0n) is 7.16. The van der Waals surface area contributed by atoms with E-state index in [1.165, 1.54) is 0 Å². The van der Waals surface area contributed by atoms with E-state index in [0.29, 0.717) is 6.54 Å². The van der Waals surface area contributed by atoms with Gasteiger partial charge in [-0.05, 0) is 17.7 Å². The van der Waals surface area contributed by atoms with Gasteiger partial charge in [0.2, 0.25) is 0 Å². The number of benzene rings is 1. The average Bonchev–Trinajstić information content (AvgIpc) is 2.17. The summed E-state index contributed by atoms with van der Waals surface area (Å²) in [5.41, 5.74) is 7.33. The number of nitrogens with one attached hydrogen (secondary N) is 1. The summed E-state index contributed by atoms with van der Waals surface area (Å²) < 4.78 is 5.31. The second kappa shape index (κ2) is 3.24. The molecule has 0 amide bonds. The Labute approximate surface area is 76.3 Å². The molecule has 0 bridgehead atoms. The second-order valence-corrected chi connectivity index (χ2v) is 3.01. The fourth-order valence-corrected chi connectivity index (χ4v) is 1.32. The normalized spacial score (nSPS) is 20.0. The van der Waals surface area contributed by atoms with E-state index < -0.39 is 6.23 Å². The van der Waals surface area contributed by atoms with Crippen LogP contribution >= 0.6 is 0 Å². The molecular formula is C9H12N2O2. The molecule has 0 spiro atoms. The SMILES string of the molecule is NCc1ccc2c(c1)OC[C@@H](O)N2. The molecule has 2 rings (SSSR count). The molecule has 4 N–H and O–H groups in total. The molecule has 0 radical (unpaired) electrons. The van der Waals surface area contributed by atoms with Crippen molar-refractivity contribution in [1.82, 2.24) is 0 Å². The highest BCUT2D eigenvalue weighted by Gasteiger charge is 2.15. The molecule has 1 heterocycles. The lowest BCUT2D eigenvalue weighted by Crippen LogP contribution is -2.30. The van der Waals surface area contributed by atoms with Crippen molar-refractivity contribution in [2.45, 2.75) is 12.8 Å². The zero-order valence-corrected chi connectivity index (χ0v) is 7.16. The molecule has 1 aromatic carbocycles. The van der Waals surface area contributed by atoms with E-state index >= 15 is 0 Å². The molecule has 13 heavy (non-hydrogen) atoms. The van der Waals surface area contributed by atoms with Crippen molar-refractivity contribution in [3.63, 3.8) is 0 Å². The van der Waals surface area contributed by atoms with Crippen LogP contribution in [0.5, 0.6) is 5.75 Å². The first-order valence-corrected chi connectivity index (χ1v) is 4.20. The van der Waals surface area contributed by atoms with Gasteiger partial charge in [-0.3, -0.25) is 0 Å². The summed E-state index contributed by atoms with van der Waals surface area (Å²) in [4.78, 5) is 0. The Morgan fingerprint density at radius 2 is 2.46 bits per heavy atom. The summed E-state index contributed by atoms with van der Waals surface area (Å²) in [5, 5.41) is 12.1. The van der Waals surface area contributed by atoms with Crippen molar-refractivity contribution in [2.75, 3.05) is 11.9 Å². The molecule has 1 aliphatic rings. The van der Waals surface area contributed by atoms with E-state index in [9.17, 15) is 5.11 Å². The van der Waals surface area contributed by atoms with Crippen LogP contribution in [0.15, 0.2) is 18.2 Å². The Hall–Kier alpha value is -1.26. The van der Waals surface area contributed by atoms with Crippen LogP contribution in [-0.2, 0) is 6.54 Å².